The number of thioether (sulfide) groups is 1. The van der Waals surface area contributed by atoms with Gasteiger partial charge in [0.15, 0.2) is 0 Å². The highest BCUT2D eigenvalue weighted by Crippen LogP contribution is 2.44. The van der Waals surface area contributed by atoms with Crippen LogP contribution in [-0.2, 0) is 0 Å². The zero-order chi connectivity index (χ0) is 8.60. The Morgan fingerprint density at radius 3 is 2.75 bits per heavy atom. The van der Waals surface area contributed by atoms with Crippen molar-refractivity contribution >= 4 is 11.8 Å². The molecule has 2 rings (SSSR count). The summed E-state index contributed by atoms with van der Waals surface area (Å²) in [5.41, 5.74) is 6.71. The van der Waals surface area contributed by atoms with Gasteiger partial charge in [-0.05, 0) is 42.6 Å². The zero-order valence-corrected chi connectivity index (χ0v) is 8.70. The van der Waals surface area contributed by atoms with E-state index in [-0.39, 0.29) is 5.54 Å². The minimum absolute atomic E-state index is 0.212. The Kier molecular flexibility index (Phi) is 2.39. The fourth-order valence-corrected chi connectivity index (χ4v) is 4.17. The summed E-state index contributed by atoms with van der Waals surface area (Å²) >= 11 is 2.09. The molecule has 0 aromatic carbocycles. The summed E-state index contributed by atoms with van der Waals surface area (Å²) in [4.78, 5) is 0. The Morgan fingerprint density at radius 1 is 1.42 bits per heavy atom. The molecule has 1 aliphatic heterocycles. The molecule has 3 unspecified atom stereocenters. The first-order valence-corrected chi connectivity index (χ1v) is 6.25. The quantitative estimate of drug-likeness (QED) is 0.678. The van der Waals surface area contributed by atoms with Crippen molar-refractivity contribution in [3.05, 3.63) is 0 Å². The van der Waals surface area contributed by atoms with Crippen LogP contribution < -0.4 is 5.73 Å². The van der Waals surface area contributed by atoms with Crippen molar-refractivity contribution in [2.75, 3.05) is 11.5 Å². The third-order valence-corrected chi connectivity index (χ3v) is 5.02. The standard InChI is InChI=1S/C10H19NS/c1-8-3-2-5-10(8,11)9-4-6-12-7-9/h8-9H,2-7,11H2,1H3. The van der Waals surface area contributed by atoms with Gasteiger partial charge in [-0.2, -0.15) is 11.8 Å². The van der Waals surface area contributed by atoms with E-state index in [2.05, 4.69) is 18.7 Å². The van der Waals surface area contributed by atoms with E-state index in [1.165, 1.54) is 37.2 Å². The van der Waals surface area contributed by atoms with Crippen LogP contribution in [0.2, 0.25) is 0 Å². The maximum absolute atomic E-state index is 6.49. The second kappa shape index (κ2) is 3.22. The molecule has 1 heterocycles. The van der Waals surface area contributed by atoms with Crippen LogP contribution in [0.4, 0.5) is 0 Å². The molecule has 12 heavy (non-hydrogen) atoms. The molecule has 70 valence electrons. The lowest BCUT2D eigenvalue weighted by Gasteiger charge is -2.35. The van der Waals surface area contributed by atoms with Gasteiger partial charge in [0, 0.05) is 5.54 Å². The predicted octanol–water partition coefficient (Wildman–Crippen LogP) is 2.26. The van der Waals surface area contributed by atoms with Gasteiger partial charge in [-0.3, -0.25) is 0 Å². The van der Waals surface area contributed by atoms with Gasteiger partial charge in [0.1, 0.15) is 0 Å². The Hall–Kier alpha value is 0.310. The molecule has 2 N–H and O–H groups in total. The van der Waals surface area contributed by atoms with E-state index in [4.69, 9.17) is 5.73 Å². The lowest BCUT2D eigenvalue weighted by molar-refractivity contribution is 0.236. The summed E-state index contributed by atoms with van der Waals surface area (Å²) < 4.78 is 0. The van der Waals surface area contributed by atoms with Crippen LogP contribution in [-0.4, -0.2) is 17.0 Å². The van der Waals surface area contributed by atoms with E-state index in [0.29, 0.717) is 0 Å². The highest BCUT2D eigenvalue weighted by atomic mass is 32.2. The van der Waals surface area contributed by atoms with E-state index in [9.17, 15) is 0 Å². The predicted molar refractivity (Wildman–Crippen MR) is 55.4 cm³/mol. The van der Waals surface area contributed by atoms with Crippen LogP contribution in [0.3, 0.4) is 0 Å². The largest absolute Gasteiger partial charge is 0.325 e. The van der Waals surface area contributed by atoms with E-state index >= 15 is 0 Å². The van der Waals surface area contributed by atoms with Crippen LogP contribution in [0, 0.1) is 11.8 Å². The molecule has 1 aliphatic carbocycles. The van der Waals surface area contributed by atoms with E-state index < -0.39 is 0 Å². The van der Waals surface area contributed by atoms with Crippen molar-refractivity contribution in [1.29, 1.82) is 0 Å². The van der Waals surface area contributed by atoms with E-state index in [0.717, 1.165) is 11.8 Å². The van der Waals surface area contributed by atoms with Gasteiger partial charge < -0.3 is 5.73 Å². The molecule has 1 saturated heterocycles. The molecule has 0 aromatic heterocycles. The first kappa shape index (κ1) is 8.89. The van der Waals surface area contributed by atoms with E-state index in [1.54, 1.807) is 0 Å². The Morgan fingerprint density at radius 2 is 2.25 bits per heavy atom. The van der Waals surface area contributed by atoms with Crippen LogP contribution in [0.5, 0.6) is 0 Å². The van der Waals surface area contributed by atoms with Crippen molar-refractivity contribution in [2.45, 2.75) is 38.1 Å². The minimum Gasteiger partial charge on any atom is -0.325 e. The summed E-state index contributed by atoms with van der Waals surface area (Å²) in [7, 11) is 0. The molecule has 1 nitrogen and oxygen atoms in total. The van der Waals surface area contributed by atoms with Crippen molar-refractivity contribution < 1.29 is 0 Å². The molecule has 2 heteroatoms. The van der Waals surface area contributed by atoms with E-state index in [1.807, 2.05) is 0 Å². The number of hydrogen-bond donors (Lipinski definition) is 1. The lowest BCUT2D eigenvalue weighted by atomic mass is 9.77. The van der Waals surface area contributed by atoms with Crippen molar-refractivity contribution in [1.82, 2.24) is 0 Å². The number of nitrogens with two attached hydrogens (primary N) is 1. The van der Waals surface area contributed by atoms with Crippen LogP contribution in [0.1, 0.15) is 32.6 Å². The average Bonchev–Trinajstić information content (AvgIpc) is 2.62. The normalized spacial score (nSPS) is 48.5. The smallest absolute Gasteiger partial charge is 0.0217 e. The van der Waals surface area contributed by atoms with Crippen LogP contribution >= 0.6 is 11.8 Å². The first-order chi connectivity index (χ1) is 5.73. The third-order valence-electron chi connectivity index (χ3n) is 3.85. The van der Waals surface area contributed by atoms with Crippen molar-refractivity contribution in [3.8, 4) is 0 Å². The first-order valence-electron chi connectivity index (χ1n) is 5.10. The van der Waals surface area contributed by atoms with Gasteiger partial charge in [0.05, 0.1) is 0 Å². The monoisotopic (exact) mass is 185 g/mol. The maximum Gasteiger partial charge on any atom is 0.0217 e. The Labute approximate surface area is 79.5 Å². The second-order valence-corrected chi connectivity index (χ2v) is 5.62. The van der Waals surface area contributed by atoms with Gasteiger partial charge in [0.25, 0.3) is 0 Å². The highest BCUT2D eigenvalue weighted by Gasteiger charge is 2.43. The third kappa shape index (κ3) is 1.29. The topological polar surface area (TPSA) is 26.0 Å². The van der Waals surface area contributed by atoms with Crippen LogP contribution in [0.25, 0.3) is 0 Å². The van der Waals surface area contributed by atoms with Gasteiger partial charge in [0.2, 0.25) is 0 Å². The minimum atomic E-state index is 0.212. The van der Waals surface area contributed by atoms with Crippen molar-refractivity contribution in [3.63, 3.8) is 0 Å². The summed E-state index contributed by atoms with van der Waals surface area (Å²) in [5, 5.41) is 0. The molecule has 2 aliphatic rings. The fourth-order valence-electron chi connectivity index (χ4n) is 2.79. The Balaban J connectivity index is 2.07. The summed E-state index contributed by atoms with van der Waals surface area (Å²) in [5.74, 6) is 4.25. The number of rotatable bonds is 1. The molecule has 0 spiro atoms. The molecular weight excluding hydrogens is 166 g/mol. The molecule has 0 bridgehead atoms. The SMILES string of the molecule is CC1CCCC1(N)C1CCSC1. The van der Waals surface area contributed by atoms with Gasteiger partial charge in [-0.25, -0.2) is 0 Å². The molecular formula is C10H19NS. The van der Waals surface area contributed by atoms with Gasteiger partial charge >= 0.3 is 0 Å². The Bertz CT molecular complexity index is 165. The summed E-state index contributed by atoms with van der Waals surface area (Å²) in [6.07, 6.45) is 5.36. The van der Waals surface area contributed by atoms with Gasteiger partial charge in [-0.15, -0.1) is 0 Å². The number of hydrogen-bond acceptors (Lipinski definition) is 2. The molecule has 2 fully saturated rings. The lowest BCUT2D eigenvalue weighted by Crippen LogP contribution is -2.49. The maximum atomic E-state index is 6.49. The molecule has 3 atom stereocenters. The second-order valence-electron chi connectivity index (χ2n) is 4.47. The summed E-state index contributed by atoms with van der Waals surface area (Å²) in [6.45, 7) is 2.34. The molecule has 1 saturated carbocycles. The molecule has 0 aromatic rings. The van der Waals surface area contributed by atoms with Crippen LogP contribution in [0.15, 0.2) is 0 Å². The van der Waals surface area contributed by atoms with Crippen molar-refractivity contribution in [2.24, 2.45) is 17.6 Å². The highest BCUT2D eigenvalue weighted by molar-refractivity contribution is 7.99. The fraction of sp³-hybridized carbons (Fsp3) is 1.00. The zero-order valence-electron chi connectivity index (χ0n) is 7.88. The average molecular weight is 185 g/mol. The summed E-state index contributed by atoms with van der Waals surface area (Å²) in [6, 6.07) is 0. The van der Waals surface area contributed by atoms with Gasteiger partial charge in [-0.1, -0.05) is 13.3 Å². The molecule has 0 radical (unpaired) electrons. The molecule has 0 amide bonds.